The van der Waals surface area contributed by atoms with E-state index in [1.54, 1.807) is 23.1 Å². The number of fused-ring (bicyclic) bond motifs is 2. The number of pyridine rings is 1. The Kier molecular flexibility index (Phi) is 4.42. The van der Waals surface area contributed by atoms with Gasteiger partial charge in [0.05, 0.1) is 13.7 Å². The molecule has 0 unspecified atom stereocenters. The van der Waals surface area contributed by atoms with Crippen LogP contribution >= 0.6 is 0 Å². The molecule has 30 heavy (non-hydrogen) atoms. The molecule has 0 saturated heterocycles. The Morgan fingerprint density at radius 2 is 2.20 bits per heavy atom. The van der Waals surface area contributed by atoms with Crippen molar-refractivity contribution in [3.63, 3.8) is 0 Å². The SMILES string of the molecule is COc1cc(F)c(CNc2ncc(-c3cccnc3C)c3nncn23)c2c1OCC2. The van der Waals surface area contributed by atoms with E-state index in [1.807, 2.05) is 19.1 Å². The number of halogens is 1. The Hall–Kier alpha value is -3.75. The summed E-state index contributed by atoms with van der Waals surface area (Å²) < 4.78 is 27.4. The van der Waals surface area contributed by atoms with Gasteiger partial charge < -0.3 is 14.8 Å². The molecule has 3 aromatic heterocycles. The highest BCUT2D eigenvalue weighted by Crippen LogP contribution is 2.39. The van der Waals surface area contributed by atoms with E-state index in [2.05, 4.69) is 25.5 Å². The number of benzene rings is 1. The van der Waals surface area contributed by atoms with E-state index in [0.717, 1.165) is 22.4 Å². The van der Waals surface area contributed by atoms with E-state index in [0.29, 0.717) is 41.7 Å². The summed E-state index contributed by atoms with van der Waals surface area (Å²) in [5.41, 5.74) is 4.65. The summed E-state index contributed by atoms with van der Waals surface area (Å²) in [6.07, 6.45) is 5.69. The Balaban J connectivity index is 1.50. The maximum absolute atomic E-state index is 14.7. The molecule has 0 amide bonds. The molecule has 0 fully saturated rings. The van der Waals surface area contributed by atoms with Gasteiger partial charge in [-0.25, -0.2) is 9.37 Å². The second kappa shape index (κ2) is 7.25. The van der Waals surface area contributed by atoms with E-state index >= 15 is 0 Å². The van der Waals surface area contributed by atoms with Crippen molar-refractivity contribution in [2.75, 3.05) is 19.0 Å². The zero-order valence-corrected chi connectivity index (χ0v) is 16.5. The molecule has 0 spiro atoms. The summed E-state index contributed by atoms with van der Waals surface area (Å²) in [7, 11) is 1.51. The predicted octanol–water partition coefficient (Wildman–Crippen LogP) is 3.19. The average molecular weight is 406 g/mol. The zero-order valence-electron chi connectivity index (χ0n) is 16.5. The first-order valence-corrected chi connectivity index (χ1v) is 9.53. The monoisotopic (exact) mass is 406 g/mol. The Morgan fingerprint density at radius 3 is 3.03 bits per heavy atom. The van der Waals surface area contributed by atoms with Gasteiger partial charge in [-0.15, -0.1) is 10.2 Å². The number of nitrogens with zero attached hydrogens (tertiary/aromatic N) is 5. The molecule has 4 aromatic rings. The van der Waals surface area contributed by atoms with Crippen molar-refractivity contribution in [3.05, 3.63) is 59.6 Å². The smallest absolute Gasteiger partial charge is 0.210 e. The second-order valence-corrected chi connectivity index (χ2v) is 6.96. The predicted molar refractivity (Wildman–Crippen MR) is 108 cm³/mol. The highest BCUT2D eigenvalue weighted by Gasteiger charge is 2.24. The van der Waals surface area contributed by atoms with Crippen molar-refractivity contribution >= 4 is 11.6 Å². The molecule has 1 N–H and O–H groups in total. The molecule has 152 valence electrons. The number of hydrogen-bond donors (Lipinski definition) is 1. The summed E-state index contributed by atoms with van der Waals surface area (Å²) >= 11 is 0. The lowest BCUT2D eigenvalue weighted by atomic mass is 10.0. The van der Waals surface area contributed by atoms with E-state index < -0.39 is 0 Å². The molecule has 1 aliphatic rings. The third-order valence-corrected chi connectivity index (χ3v) is 5.28. The lowest BCUT2D eigenvalue weighted by Crippen LogP contribution is -2.10. The van der Waals surface area contributed by atoms with Gasteiger partial charge in [-0.2, -0.15) is 0 Å². The van der Waals surface area contributed by atoms with Gasteiger partial charge in [0.2, 0.25) is 5.95 Å². The number of nitrogens with one attached hydrogen (secondary N) is 1. The fourth-order valence-electron chi connectivity index (χ4n) is 3.79. The number of rotatable bonds is 5. The summed E-state index contributed by atoms with van der Waals surface area (Å²) in [5, 5.41) is 11.5. The minimum atomic E-state index is -0.341. The zero-order chi connectivity index (χ0) is 20.7. The maximum Gasteiger partial charge on any atom is 0.210 e. The van der Waals surface area contributed by atoms with Crippen LogP contribution in [0.1, 0.15) is 16.8 Å². The molecular weight excluding hydrogens is 387 g/mol. The normalized spacial score (nSPS) is 12.6. The van der Waals surface area contributed by atoms with E-state index in [-0.39, 0.29) is 12.4 Å². The van der Waals surface area contributed by atoms with Gasteiger partial charge in [-0.05, 0) is 13.0 Å². The summed E-state index contributed by atoms with van der Waals surface area (Å²) in [4.78, 5) is 8.87. The second-order valence-electron chi connectivity index (χ2n) is 6.96. The van der Waals surface area contributed by atoms with Crippen LogP contribution in [0.4, 0.5) is 10.3 Å². The number of anilines is 1. The van der Waals surface area contributed by atoms with E-state index in [4.69, 9.17) is 9.47 Å². The average Bonchev–Trinajstić information content (AvgIpc) is 3.43. The Morgan fingerprint density at radius 1 is 1.30 bits per heavy atom. The third-order valence-electron chi connectivity index (χ3n) is 5.28. The molecule has 8 nitrogen and oxygen atoms in total. The summed E-state index contributed by atoms with van der Waals surface area (Å²) in [5.74, 6) is 1.20. The van der Waals surface area contributed by atoms with E-state index in [1.165, 1.54) is 13.2 Å². The van der Waals surface area contributed by atoms with Gasteiger partial charge >= 0.3 is 0 Å². The molecular formula is C21H19FN6O2. The highest BCUT2D eigenvalue weighted by molar-refractivity contribution is 5.78. The van der Waals surface area contributed by atoms with Crippen LogP contribution in [0.25, 0.3) is 16.8 Å². The van der Waals surface area contributed by atoms with Crippen LogP contribution in [0.5, 0.6) is 11.5 Å². The minimum absolute atomic E-state index is 0.243. The first-order chi connectivity index (χ1) is 14.7. The number of methoxy groups -OCH3 is 1. The summed E-state index contributed by atoms with van der Waals surface area (Å²) in [6, 6.07) is 5.20. The van der Waals surface area contributed by atoms with Gasteiger partial charge in [0.25, 0.3) is 0 Å². The first kappa shape index (κ1) is 18.3. The minimum Gasteiger partial charge on any atom is -0.493 e. The quantitative estimate of drug-likeness (QED) is 0.545. The van der Waals surface area contributed by atoms with Crippen molar-refractivity contribution in [2.45, 2.75) is 19.9 Å². The Bertz CT molecular complexity index is 1260. The number of aromatic nitrogens is 5. The Labute approximate surface area is 171 Å². The fourth-order valence-corrected chi connectivity index (χ4v) is 3.79. The van der Waals surface area contributed by atoms with Crippen LogP contribution in [0.3, 0.4) is 0 Å². The molecule has 1 aliphatic heterocycles. The lowest BCUT2D eigenvalue weighted by Gasteiger charge is -2.14. The van der Waals surface area contributed by atoms with Gasteiger partial charge in [0.15, 0.2) is 17.1 Å². The fraction of sp³-hybridized carbons (Fsp3) is 0.238. The van der Waals surface area contributed by atoms with Crippen molar-refractivity contribution in [2.24, 2.45) is 0 Å². The summed E-state index contributed by atoms with van der Waals surface area (Å²) in [6.45, 7) is 2.69. The van der Waals surface area contributed by atoms with Crippen molar-refractivity contribution in [1.82, 2.24) is 24.6 Å². The molecule has 0 aliphatic carbocycles. The largest absolute Gasteiger partial charge is 0.493 e. The number of ether oxygens (including phenoxy) is 2. The molecule has 0 radical (unpaired) electrons. The third kappa shape index (κ3) is 2.90. The van der Waals surface area contributed by atoms with Crippen molar-refractivity contribution in [3.8, 4) is 22.6 Å². The maximum atomic E-state index is 14.7. The standard InChI is InChI=1S/C21H19FN6O2/c1-12-13(4-3-6-23-12)16-10-25-21(28-11-26-27-20(16)28)24-9-15-14-5-7-30-19(14)18(29-2)8-17(15)22/h3-4,6,8,10-11H,5,7,9H2,1-2H3,(H,24,25). The molecule has 9 heteroatoms. The number of aryl methyl sites for hydroxylation is 1. The van der Waals surface area contributed by atoms with Crippen molar-refractivity contribution in [1.29, 1.82) is 0 Å². The van der Waals surface area contributed by atoms with Crippen molar-refractivity contribution < 1.29 is 13.9 Å². The highest BCUT2D eigenvalue weighted by atomic mass is 19.1. The molecule has 5 rings (SSSR count). The van der Waals surface area contributed by atoms with Crippen LogP contribution < -0.4 is 14.8 Å². The van der Waals surface area contributed by atoms with Crippen LogP contribution in [0.2, 0.25) is 0 Å². The molecule has 0 atom stereocenters. The van der Waals surface area contributed by atoms with Gasteiger partial charge in [0, 0.05) is 59.4 Å². The van der Waals surface area contributed by atoms with Crippen LogP contribution in [0, 0.1) is 12.7 Å². The topological polar surface area (TPSA) is 86.5 Å². The van der Waals surface area contributed by atoms with Crippen LogP contribution in [0.15, 0.2) is 36.9 Å². The van der Waals surface area contributed by atoms with Gasteiger partial charge in [-0.1, -0.05) is 6.07 Å². The molecule has 0 bridgehead atoms. The van der Waals surface area contributed by atoms with Crippen LogP contribution in [-0.2, 0) is 13.0 Å². The molecule has 4 heterocycles. The molecule has 0 saturated carbocycles. The first-order valence-electron chi connectivity index (χ1n) is 9.53. The van der Waals surface area contributed by atoms with Crippen LogP contribution in [-0.4, -0.2) is 38.3 Å². The lowest BCUT2D eigenvalue weighted by molar-refractivity contribution is 0.325. The molecule has 1 aromatic carbocycles. The van der Waals surface area contributed by atoms with E-state index in [9.17, 15) is 4.39 Å². The van der Waals surface area contributed by atoms with Gasteiger partial charge in [0.1, 0.15) is 12.1 Å². The van der Waals surface area contributed by atoms with Gasteiger partial charge in [-0.3, -0.25) is 9.38 Å². The number of hydrogen-bond acceptors (Lipinski definition) is 7.